The molecule has 0 bridgehead atoms. The molecule has 3 aromatic rings. The van der Waals surface area contributed by atoms with Crippen LogP contribution in [0.15, 0.2) is 35.7 Å². The lowest BCUT2D eigenvalue weighted by Gasteiger charge is -2.00. The predicted molar refractivity (Wildman–Crippen MR) is 66.6 cm³/mol. The fraction of sp³-hybridized carbons (Fsp3) is 0.0909. The van der Waals surface area contributed by atoms with Crippen molar-refractivity contribution in [1.82, 2.24) is 19.6 Å². The average molecular weight is 260 g/mol. The summed E-state index contributed by atoms with van der Waals surface area (Å²) < 4.78 is 1.70. The van der Waals surface area contributed by atoms with Gasteiger partial charge in [-0.2, -0.15) is 0 Å². The van der Waals surface area contributed by atoms with Crippen LogP contribution in [0.4, 0.5) is 0 Å². The van der Waals surface area contributed by atoms with Crippen LogP contribution in [0.3, 0.4) is 0 Å². The number of carboxylic acids is 1. The Morgan fingerprint density at radius 2 is 2.17 bits per heavy atom. The van der Waals surface area contributed by atoms with Crippen LogP contribution in [-0.4, -0.2) is 36.4 Å². The van der Waals surface area contributed by atoms with Crippen molar-refractivity contribution >= 4 is 34.3 Å². The van der Waals surface area contributed by atoms with E-state index in [1.54, 1.807) is 10.7 Å². The average Bonchev–Trinajstić information content (AvgIpc) is 2.80. The number of carbonyl (C=O) groups is 1. The third-order valence-electron chi connectivity index (χ3n) is 2.45. The Morgan fingerprint density at radius 1 is 1.33 bits per heavy atom. The van der Waals surface area contributed by atoms with Crippen molar-refractivity contribution in [3.8, 4) is 0 Å². The van der Waals surface area contributed by atoms with E-state index < -0.39 is 5.97 Å². The van der Waals surface area contributed by atoms with E-state index in [1.165, 1.54) is 0 Å². The van der Waals surface area contributed by atoms with Gasteiger partial charge < -0.3 is 5.11 Å². The molecule has 0 amide bonds. The summed E-state index contributed by atoms with van der Waals surface area (Å²) in [6.07, 6.45) is 1.61. The van der Waals surface area contributed by atoms with E-state index in [-0.39, 0.29) is 5.75 Å². The molecule has 0 aliphatic rings. The van der Waals surface area contributed by atoms with Crippen molar-refractivity contribution in [3.05, 3.63) is 30.6 Å². The zero-order valence-electron chi connectivity index (χ0n) is 9.15. The quantitative estimate of drug-likeness (QED) is 0.718. The van der Waals surface area contributed by atoms with Crippen LogP contribution in [0.25, 0.3) is 16.6 Å². The minimum Gasteiger partial charge on any atom is -0.481 e. The molecule has 1 aromatic carbocycles. The molecule has 6 nitrogen and oxygen atoms in total. The number of fused-ring (bicyclic) bond motifs is 3. The number of carboxylic acid groups (broad SMARTS) is 1. The summed E-state index contributed by atoms with van der Waals surface area (Å²) in [5.74, 6) is -0.932. The van der Waals surface area contributed by atoms with Crippen molar-refractivity contribution in [2.75, 3.05) is 5.75 Å². The van der Waals surface area contributed by atoms with E-state index in [2.05, 4.69) is 15.2 Å². The lowest BCUT2D eigenvalue weighted by molar-refractivity contribution is -0.133. The van der Waals surface area contributed by atoms with Crippen molar-refractivity contribution in [2.24, 2.45) is 0 Å². The highest BCUT2D eigenvalue weighted by Crippen LogP contribution is 2.21. The smallest absolute Gasteiger partial charge is 0.313 e. The van der Waals surface area contributed by atoms with Gasteiger partial charge in [0.15, 0.2) is 10.8 Å². The fourth-order valence-corrected chi connectivity index (χ4v) is 2.31. The number of benzene rings is 1. The molecule has 2 aromatic heterocycles. The maximum atomic E-state index is 10.5. The zero-order chi connectivity index (χ0) is 12.5. The van der Waals surface area contributed by atoms with E-state index in [4.69, 9.17) is 5.11 Å². The molecule has 2 heterocycles. The number of aliphatic carboxylic acids is 1. The highest BCUT2D eigenvalue weighted by atomic mass is 32.2. The Hall–Kier alpha value is -2.15. The second kappa shape index (κ2) is 4.26. The van der Waals surface area contributed by atoms with Gasteiger partial charge in [0.25, 0.3) is 0 Å². The van der Waals surface area contributed by atoms with Gasteiger partial charge in [0.1, 0.15) is 6.33 Å². The molecule has 0 saturated heterocycles. The number of hydrogen-bond acceptors (Lipinski definition) is 5. The molecular formula is C11H8N4O2S. The number of rotatable bonds is 3. The van der Waals surface area contributed by atoms with Crippen LogP contribution in [0.5, 0.6) is 0 Å². The third-order valence-corrected chi connectivity index (χ3v) is 3.37. The Balaban J connectivity index is 2.14. The first-order valence-corrected chi connectivity index (χ1v) is 6.17. The monoisotopic (exact) mass is 260 g/mol. The van der Waals surface area contributed by atoms with E-state index in [1.807, 2.05) is 24.3 Å². The molecule has 7 heteroatoms. The van der Waals surface area contributed by atoms with Gasteiger partial charge in [-0.25, -0.2) is 4.98 Å². The summed E-state index contributed by atoms with van der Waals surface area (Å²) in [4.78, 5) is 14.8. The summed E-state index contributed by atoms with van der Waals surface area (Å²) in [6.45, 7) is 0. The largest absolute Gasteiger partial charge is 0.481 e. The van der Waals surface area contributed by atoms with Crippen molar-refractivity contribution in [2.45, 2.75) is 5.16 Å². The Bertz CT molecular complexity index is 740. The zero-order valence-corrected chi connectivity index (χ0v) is 9.96. The van der Waals surface area contributed by atoms with Crippen LogP contribution < -0.4 is 0 Å². The van der Waals surface area contributed by atoms with Gasteiger partial charge in [0, 0.05) is 5.39 Å². The van der Waals surface area contributed by atoms with Crippen molar-refractivity contribution in [1.29, 1.82) is 0 Å². The Morgan fingerprint density at radius 3 is 3.00 bits per heavy atom. The molecule has 0 atom stereocenters. The first kappa shape index (κ1) is 11.0. The Labute approximate surface area is 106 Å². The SMILES string of the molecule is O=C(O)CSc1nnc2c3ccccc3ncn12. The molecule has 0 fully saturated rings. The minimum absolute atomic E-state index is 0.0480. The van der Waals surface area contributed by atoms with E-state index >= 15 is 0 Å². The van der Waals surface area contributed by atoms with Crippen LogP contribution in [0.2, 0.25) is 0 Å². The molecule has 18 heavy (non-hydrogen) atoms. The molecule has 3 rings (SSSR count). The molecule has 0 aliphatic heterocycles. The number of para-hydroxylation sites is 1. The Kier molecular flexibility index (Phi) is 2.60. The molecule has 0 spiro atoms. The van der Waals surface area contributed by atoms with Crippen LogP contribution in [-0.2, 0) is 4.79 Å². The lowest BCUT2D eigenvalue weighted by atomic mass is 10.2. The number of aromatic nitrogens is 4. The van der Waals surface area contributed by atoms with Gasteiger partial charge in [-0.15, -0.1) is 10.2 Å². The number of nitrogens with zero attached hydrogens (tertiary/aromatic N) is 4. The summed E-state index contributed by atoms with van der Waals surface area (Å²) in [6, 6.07) is 7.62. The maximum absolute atomic E-state index is 10.5. The van der Waals surface area contributed by atoms with Crippen LogP contribution >= 0.6 is 11.8 Å². The van der Waals surface area contributed by atoms with Crippen molar-refractivity contribution in [3.63, 3.8) is 0 Å². The molecule has 0 saturated carbocycles. The molecule has 0 aliphatic carbocycles. The van der Waals surface area contributed by atoms with Gasteiger partial charge in [0.2, 0.25) is 0 Å². The molecular weight excluding hydrogens is 252 g/mol. The number of hydrogen-bond donors (Lipinski definition) is 1. The fourth-order valence-electron chi connectivity index (χ4n) is 1.68. The highest BCUT2D eigenvalue weighted by Gasteiger charge is 2.10. The predicted octanol–water partition coefficient (Wildman–Crippen LogP) is 1.45. The third kappa shape index (κ3) is 1.78. The second-order valence-electron chi connectivity index (χ2n) is 3.62. The van der Waals surface area contributed by atoms with Crippen molar-refractivity contribution < 1.29 is 9.90 Å². The first-order valence-electron chi connectivity index (χ1n) is 5.19. The lowest BCUT2D eigenvalue weighted by Crippen LogP contribution is -1.99. The highest BCUT2D eigenvalue weighted by molar-refractivity contribution is 7.99. The summed E-state index contributed by atoms with van der Waals surface area (Å²) >= 11 is 1.12. The maximum Gasteiger partial charge on any atom is 0.313 e. The second-order valence-corrected chi connectivity index (χ2v) is 4.56. The molecule has 0 unspecified atom stereocenters. The topological polar surface area (TPSA) is 80.4 Å². The van der Waals surface area contributed by atoms with E-state index in [9.17, 15) is 4.79 Å². The first-order chi connectivity index (χ1) is 8.75. The van der Waals surface area contributed by atoms with Gasteiger partial charge in [0.05, 0.1) is 11.3 Å². The summed E-state index contributed by atoms with van der Waals surface area (Å²) in [5.41, 5.74) is 1.53. The van der Waals surface area contributed by atoms with Gasteiger partial charge >= 0.3 is 5.97 Å². The van der Waals surface area contributed by atoms with Crippen LogP contribution in [0, 0.1) is 0 Å². The molecule has 1 N–H and O–H groups in total. The summed E-state index contributed by atoms with van der Waals surface area (Å²) in [5, 5.41) is 18.2. The van der Waals surface area contributed by atoms with E-state index in [0.29, 0.717) is 10.8 Å². The van der Waals surface area contributed by atoms with Gasteiger partial charge in [-0.1, -0.05) is 23.9 Å². The standard InChI is InChI=1S/C11H8N4O2S/c16-9(17)5-18-11-14-13-10-7-3-1-2-4-8(7)12-6-15(10)11/h1-4,6H,5H2,(H,16,17). The normalized spacial score (nSPS) is 11.1. The van der Waals surface area contributed by atoms with Gasteiger partial charge in [-0.3, -0.25) is 9.20 Å². The van der Waals surface area contributed by atoms with E-state index in [0.717, 1.165) is 22.7 Å². The van der Waals surface area contributed by atoms with Crippen LogP contribution in [0.1, 0.15) is 0 Å². The van der Waals surface area contributed by atoms with Gasteiger partial charge in [-0.05, 0) is 12.1 Å². The summed E-state index contributed by atoms with van der Waals surface area (Å²) in [7, 11) is 0. The minimum atomic E-state index is -0.884. The number of thioether (sulfide) groups is 1. The molecule has 0 radical (unpaired) electrons. The molecule has 90 valence electrons.